The zero-order valence-electron chi connectivity index (χ0n) is 16.9. The molecule has 3 rings (SSSR count). The zero-order valence-corrected chi connectivity index (χ0v) is 17.7. The van der Waals surface area contributed by atoms with Crippen molar-refractivity contribution in [2.75, 3.05) is 14.2 Å². The van der Waals surface area contributed by atoms with Gasteiger partial charge in [-0.1, -0.05) is 24.3 Å². The Morgan fingerprint density at radius 3 is 2.20 bits per heavy atom. The second-order valence-electron chi connectivity index (χ2n) is 6.61. The van der Waals surface area contributed by atoms with E-state index >= 15 is 0 Å². The van der Waals surface area contributed by atoms with Crippen LogP contribution >= 0.6 is 12.2 Å². The van der Waals surface area contributed by atoms with Crippen LogP contribution in [0.4, 0.5) is 0 Å². The Hall–Kier alpha value is -3.39. The van der Waals surface area contributed by atoms with Crippen LogP contribution in [0.1, 0.15) is 34.5 Å². The second kappa shape index (κ2) is 9.41. The lowest BCUT2D eigenvalue weighted by molar-refractivity contribution is -0.136. The Balaban J connectivity index is 1.70. The van der Waals surface area contributed by atoms with Gasteiger partial charge in [-0.05, 0) is 54.5 Å². The van der Waals surface area contributed by atoms with Crippen molar-refractivity contribution in [2.45, 2.75) is 19.6 Å². The largest absolute Gasteiger partial charge is 0.489 e. The number of hydrogen-bond acceptors (Lipinski definition) is 6. The molecule has 0 fully saturated rings. The summed E-state index contributed by atoms with van der Waals surface area (Å²) in [7, 11) is 2.70. The predicted octanol–water partition coefficient (Wildman–Crippen LogP) is 3.02. The van der Waals surface area contributed by atoms with Gasteiger partial charge in [0.2, 0.25) is 0 Å². The minimum Gasteiger partial charge on any atom is -0.489 e. The minimum atomic E-state index is -0.421. The SMILES string of the molecule is COC(=O)C1=C(C)NC(=S)NC1c1ccc(OCc2ccc(C(=O)OC)cc2)cc1. The molecule has 0 saturated heterocycles. The smallest absolute Gasteiger partial charge is 0.337 e. The highest BCUT2D eigenvalue weighted by Gasteiger charge is 2.30. The normalized spacial score (nSPS) is 15.7. The highest BCUT2D eigenvalue weighted by molar-refractivity contribution is 7.80. The molecule has 1 heterocycles. The highest BCUT2D eigenvalue weighted by Crippen LogP contribution is 2.29. The molecule has 8 heteroatoms. The van der Waals surface area contributed by atoms with Gasteiger partial charge in [-0.15, -0.1) is 0 Å². The van der Waals surface area contributed by atoms with Crippen LogP contribution in [-0.2, 0) is 20.9 Å². The summed E-state index contributed by atoms with van der Waals surface area (Å²) >= 11 is 5.23. The minimum absolute atomic E-state index is 0.350. The molecule has 2 aromatic rings. The van der Waals surface area contributed by atoms with Gasteiger partial charge in [0.25, 0.3) is 0 Å². The summed E-state index contributed by atoms with van der Waals surface area (Å²) in [5.41, 5.74) is 3.40. The third-order valence-corrected chi connectivity index (χ3v) is 4.89. The number of esters is 2. The molecule has 1 aliphatic rings. The average Bonchev–Trinajstić information content (AvgIpc) is 2.77. The first-order valence-electron chi connectivity index (χ1n) is 9.19. The summed E-state index contributed by atoms with van der Waals surface area (Å²) in [6, 6.07) is 14.0. The van der Waals surface area contributed by atoms with E-state index in [2.05, 4.69) is 15.4 Å². The maximum atomic E-state index is 12.2. The summed E-state index contributed by atoms with van der Waals surface area (Å²) < 4.78 is 15.4. The van der Waals surface area contributed by atoms with Gasteiger partial charge in [-0.2, -0.15) is 0 Å². The number of allylic oxidation sites excluding steroid dienone is 1. The molecule has 1 unspecified atom stereocenters. The fraction of sp³-hybridized carbons (Fsp3) is 0.227. The molecule has 2 N–H and O–H groups in total. The molecular weight excluding hydrogens is 404 g/mol. The third kappa shape index (κ3) is 4.77. The summed E-state index contributed by atoms with van der Waals surface area (Å²) in [5.74, 6) is -0.122. The number of rotatable bonds is 6. The van der Waals surface area contributed by atoms with Crippen molar-refractivity contribution in [3.63, 3.8) is 0 Å². The van der Waals surface area contributed by atoms with Crippen molar-refractivity contribution in [2.24, 2.45) is 0 Å². The van der Waals surface area contributed by atoms with E-state index in [9.17, 15) is 9.59 Å². The molecule has 0 spiro atoms. The Morgan fingerprint density at radius 2 is 1.60 bits per heavy atom. The first kappa shape index (κ1) is 21.3. The molecule has 0 bridgehead atoms. The van der Waals surface area contributed by atoms with Crippen LogP contribution in [0.25, 0.3) is 0 Å². The molecule has 7 nitrogen and oxygen atoms in total. The van der Waals surface area contributed by atoms with Gasteiger partial charge in [0, 0.05) is 5.70 Å². The third-order valence-electron chi connectivity index (χ3n) is 4.67. The summed E-state index contributed by atoms with van der Waals surface area (Å²) in [6.07, 6.45) is 0. The molecule has 0 saturated carbocycles. The van der Waals surface area contributed by atoms with Gasteiger partial charge in [-0.25, -0.2) is 9.59 Å². The molecule has 1 atom stereocenters. The van der Waals surface area contributed by atoms with Gasteiger partial charge < -0.3 is 24.8 Å². The molecule has 2 aromatic carbocycles. The van der Waals surface area contributed by atoms with Crippen molar-refractivity contribution in [1.29, 1.82) is 0 Å². The zero-order chi connectivity index (χ0) is 21.7. The average molecular weight is 426 g/mol. The van der Waals surface area contributed by atoms with Crippen molar-refractivity contribution in [3.8, 4) is 5.75 Å². The molecule has 30 heavy (non-hydrogen) atoms. The molecular formula is C22H22N2O5S. The van der Waals surface area contributed by atoms with Gasteiger partial charge in [0.15, 0.2) is 5.11 Å². The summed E-state index contributed by atoms with van der Waals surface area (Å²) in [5, 5.41) is 6.51. The molecule has 0 aliphatic carbocycles. The molecule has 0 radical (unpaired) electrons. The summed E-state index contributed by atoms with van der Waals surface area (Å²) in [4.78, 5) is 23.7. The number of thiocarbonyl (C=S) groups is 1. The lowest BCUT2D eigenvalue weighted by atomic mass is 9.95. The molecule has 0 aromatic heterocycles. The molecule has 156 valence electrons. The monoisotopic (exact) mass is 426 g/mol. The summed E-state index contributed by atoms with van der Waals surface area (Å²) in [6.45, 7) is 2.14. The van der Waals surface area contributed by atoms with Gasteiger partial charge >= 0.3 is 11.9 Å². The van der Waals surface area contributed by atoms with Crippen LogP contribution < -0.4 is 15.4 Å². The van der Waals surface area contributed by atoms with Crippen LogP contribution in [0.3, 0.4) is 0 Å². The fourth-order valence-electron chi connectivity index (χ4n) is 3.10. The van der Waals surface area contributed by atoms with E-state index in [4.69, 9.17) is 21.7 Å². The lowest BCUT2D eigenvalue weighted by Crippen LogP contribution is -2.45. The van der Waals surface area contributed by atoms with E-state index in [0.717, 1.165) is 11.1 Å². The van der Waals surface area contributed by atoms with Crippen molar-refractivity contribution >= 4 is 29.3 Å². The molecule has 1 aliphatic heterocycles. The van der Waals surface area contributed by atoms with Crippen molar-refractivity contribution in [3.05, 3.63) is 76.5 Å². The first-order chi connectivity index (χ1) is 14.4. The maximum absolute atomic E-state index is 12.2. The van der Waals surface area contributed by atoms with Gasteiger partial charge in [0.1, 0.15) is 12.4 Å². The number of nitrogens with one attached hydrogen (secondary N) is 2. The molecule has 0 amide bonds. The Morgan fingerprint density at radius 1 is 0.967 bits per heavy atom. The van der Waals surface area contributed by atoms with E-state index in [-0.39, 0.29) is 5.97 Å². The van der Waals surface area contributed by atoms with E-state index < -0.39 is 12.0 Å². The predicted molar refractivity (Wildman–Crippen MR) is 115 cm³/mol. The number of ether oxygens (including phenoxy) is 3. The Labute approximate surface area is 180 Å². The van der Waals surface area contributed by atoms with Crippen LogP contribution in [0.5, 0.6) is 5.75 Å². The number of carbonyl (C=O) groups excluding carboxylic acids is 2. The lowest BCUT2D eigenvalue weighted by Gasteiger charge is -2.29. The Bertz CT molecular complexity index is 984. The standard InChI is InChI=1S/C22H22N2O5S/c1-13-18(21(26)28-3)19(24-22(30)23-13)15-8-10-17(11-9-15)29-12-14-4-6-16(7-5-14)20(25)27-2/h4-11,19H,12H2,1-3H3,(H2,23,24,30). The number of carbonyl (C=O) groups is 2. The number of benzene rings is 2. The fourth-order valence-corrected chi connectivity index (χ4v) is 3.37. The van der Waals surface area contributed by atoms with E-state index in [1.165, 1.54) is 14.2 Å². The van der Waals surface area contributed by atoms with Gasteiger partial charge in [0.05, 0.1) is 31.4 Å². The van der Waals surface area contributed by atoms with Gasteiger partial charge in [-0.3, -0.25) is 0 Å². The first-order valence-corrected chi connectivity index (χ1v) is 9.60. The second-order valence-corrected chi connectivity index (χ2v) is 7.02. The number of hydrogen-bond donors (Lipinski definition) is 2. The Kier molecular flexibility index (Phi) is 6.68. The topological polar surface area (TPSA) is 85.9 Å². The van der Waals surface area contributed by atoms with Crippen molar-refractivity contribution < 1.29 is 23.8 Å². The highest BCUT2D eigenvalue weighted by atomic mass is 32.1. The van der Waals surface area contributed by atoms with Crippen LogP contribution in [-0.4, -0.2) is 31.3 Å². The maximum Gasteiger partial charge on any atom is 0.337 e. The van der Waals surface area contributed by atoms with E-state index in [1.54, 1.807) is 19.1 Å². The van der Waals surface area contributed by atoms with Crippen LogP contribution in [0.2, 0.25) is 0 Å². The van der Waals surface area contributed by atoms with Crippen LogP contribution in [0, 0.1) is 0 Å². The van der Waals surface area contributed by atoms with E-state index in [1.807, 2.05) is 36.4 Å². The van der Waals surface area contributed by atoms with Crippen molar-refractivity contribution in [1.82, 2.24) is 10.6 Å². The number of methoxy groups -OCH3 is 2. The van der Waals surface area contributed by atoms with E-state index in [0.29, 0.717) is 34.3 Å². The quantitative estimate of drug-likeness (QED) is 0.539. The van der Waals surface area contributed by atoms with Crippen LogP contribution in [0.15, 0.2) is 59.8 Å².